The highest BCUT2D eigenvalue weighted by Gasteiger charge is 2.20. The predicted molar refractivity (Wildman–Crippen MR) is 94.2 cm³/mol. The van der Waals surface area contributed by atoms with E-state index in [1.54, 1.807) is 7.05 Å². The Labute approximate surface area is 147 Å². The summed E-state index contributed by atoms with van der Waals surface area (Å²) in [5, 5.41) is 7.15. The third-order valence-corrected chi connectivity index (χ3v) is 4.27. The summed E-state index contributed by atoms with van der Waals surface area (Å²) in [5.41, 5.74) is 2.99. The molecule has 0 saturated carbocycles. The fourth-order valence-corrected chi connectivity index (χ4v) is 2.78. The number of aromatic nitrogens is 2. The van der Waals surface area contributed by atoms with Crippen LogP contribution >= 0.6 is 11.6 Å². The molecule has 2 rings (SSSR count). The van der Waals surface area contributed by atoms with Gasteiger partial charge in [0.1, 0.15) is 5.69 Å². The zero-order valence-corrected chi connectivity index (χ0v) is 15.2. The van der Waals surface area contributed by atoms with Crippen LogP contribution in [0.1, 0.15) is 48.1 Å². The van der Waals surface area contributed by atoms with Gasteiger partial charge in [0.05, 0.1) is 17.4 Å². The summed E-state index contributed by atoms with van der Waals surface area (Å²) in [5.74, 6) is -0.319. The van der Waals surface area contributed by atoms with Gasteiger partial charge in [0, 0.05) is 20.0 Å². The molecule has 0 unspecified atom stereocenters. The Bertz CT molecular complexity index is 717. The van der Waals surface area contributed by atoms with Crippen molar-refractivity contribution in [3.05, 3.63) is 51.8 Å². The standard InChI is InChI=1S/C18H23ClFN3O/c1-18(2,3)13-7-5-12(6-8-13)11-21-17(24)16-15(19)14(9-10-20)22-23(16)4/h5-8H,9-11H2,1-4H3,(H,21,24)/i20-1. The number of aryl methyl sites for hydroxylation is 2. The smallest absolute Gasteiger partial charge is 0.271 e. The number of hydrogen-bond acceptors (Lipinski definition) is 2. The average Bonchev–Trinajstić information content (AvgIpc) is 2.79. The van der Waals surface area contributed by atoms with Crippen molar-refractivity contribution in [1.29, 1.82) is 0 Å². The van der Waals surface area contributed by atoms with Gasteiger partial charge in [-0.15, -0.1) is 0 Å². The first kappa shape index (κ1) is 18.5. The van der Waals surface area contributed by atoms with Crippen LogP contribution < -0.4 is 5.32 Å². The highest BCUT2D eigenvalue weighted by atomic mass is 35.5. The van der Waals surface area contributed by atoms with E-state index in [0.29, 0.717) is 12.2 Å². The zero-order valence-electron chi connectivity index (χ0n) is 14.5. The SMILES string of the molecule is Cn1nc(CC[18F])c(Cl)c1C(=O)NCc1ccc(C(C)(C)C)cc1. The molecular formula is C18H23ClFN3O. The van der Waals surface area contributed by atoms with Crippen LogP contribution in [0.15, 0.2) is 24.3 Å². The van der Waals surface area contributed by atoms with Crippen LogP contribution in [-0.2, 0) is 25.4 Å². The van der Waals surface area contributed by atoms with E-state index in [0.717, 1.165) is 5.56 Å². The van der Waals surface area contributed by atoms with Crippen molar-refractivity contribution in [2.75, 3.05) is 6.67 Å². The first-order chi connectivity index (χ1) is 11.2. The predicted octanol–water partition coefficient (Wildman–Crippen LogP) is 3.81. The number of nitrogens with one attached hydrogen (secondary N) is 1. The molecule has 0 radical (unpaired) electrons. The Hall–Kier alpha value is -1.88. The third kappa shape index (κ3) is 4.15. The lowest BCUT2D eigenvalue weighted by Gasteiger charge is -2.19. The van der Waals surface area contributed by atoms with Gasteiger partial charge in [0.2, 0.25) is 0 Å². The van der Waals surface area contributed by atoms with Crippen molar-refractivity contribution in [2.24, 2.45) is 7.05 Å². The van der Waals surface area contributed by atoms with E-state index in [4.69, 9.17) is 11.6 Å². The Morgan fingerprint density at radius 3 is 2.46 bits per heavy atom. The van der Waals surface area contributed by atoms with Gasteiger partial charge in [-0.3, -0.25) is 13.9 Å². The number of nitrogens with zero attached hydrogens (tertiary/aromatic N) is 2. The molecule has 1 amide bonds. The molecule has 0 saturated heterocycles. The lowest BCUT2D eigenvalue weighted by Crippen LogP contribution is -2.25. The first-order valence-corrected chi connectivity index (χ1v) is 8.26. The molecule has 6 heteroatoms. The van der Waals surface area contributed by atoms with Crippen molar-refractivity contribution in [1.82, 2.24) is 15.1 Å². The molecule has 0 atom stereocenters. The Morgan fingerprint density at radius 1 is 1.29 bits per heavy atom. The first-order valence-electron chi connectivity index (χ1n) is 7.89. The van der Waals surface area contributed by atoms with Gasteiger partial charge < -0.3 is 5.32 Å². The molecule has 1 heterocycles. The van der Waals surface area contributed by atoms with Crippen LogP contribution in [0.4, 0.5) is 4.39 Å². The summed E-state index contributed by atoms with van der Waals surface area (Å²) in [7, 11) is 1.63. The molecule has 130 valence electrons. The largest absolute Gasteiger partial charge is 0.347 e. The lowest BCUT2D eigenvalue weighted by atomic mass is 9.87. The number of amides is 1. The number of hydrogen-bond donors (Lipinski definition) is 1. The quantitative estimate of drug-likeness (QED) is 0.891. The molecule has 1 aromatic heterocycles. The molecule has 0 aliphatic carbocycles. The fourth-order valence-electron chi connectivity index (χ4n) is 2.44. The summed E-state index contributed by atoms with van der Waals surface area (Å²) in [6.45, 7) is 6.30. The lowest BCUT2D eigenvalue weighted by molar-refractivity contribution is 0.0941. The average molecular weight is 351 g/mol. The van der Waals surface area contributed by atoms with Gasteiger partial charge >= 0.3 is 0 Å². The molecule has 4 nitrogen and oxygen atoms in total. The molecule has 0 aliphatic rings. The van der Waals surface area contributed by atoms with Crippen LogP contribution in [0.5, 0.6) is 0 Å². The second kappa shape index (κ2) is 7.34. The maximum absolute atomic E-state index is 12.5. The number of halogens is 2. The van der Waals surface area contributed by atoms with E-state index in [1.807, 2.05) is 12.1 Å². The van der Waals surface area contributed by atoms with Gasteiger partial charge in [-0.05, 0) is 16.5 Å². The van der Waals surface area contributed by atoms with Crippen LogP contribution in [0.2, 0.25) is 5.02 Å². The van der Waals surface area contributed by atoms with Crippen molar-refractivity contribution >= 4 is 17.5 Å². The zero-order chi connectivity index (χ0) is 17.9. The summed E-state index contributed by atoms with van der Waals surface area (Å²) >= 11 is 6.15. The fraction of sp³-hybridized carbons (Fsp3) is 0.444. The van der Waals surface area contributed by atoms with Crippen molar-refractivity contribution in [3.63, 3.8) is 0 Å². The number of carbonyl (C=O) groups excluding carboxylic acids is 1. The van der Waals surface area contributed by atoms with Crippen LogP contribution in [-0.4, -0.2) is 22.4 Å². The van der Waals surface area contributed by atoms with Crippen molar-refractivity contribution < 1.29 is 9.18 Å². The number of alkyl halides is 1. The van der Waals surface area contributed by atoms with Crippen LogP contribution in [0.3, 0.4) is 0 Å². The number of carbonyl (C=O) groups is 1. The van der Waals surface area contributed by atoms with E-state index >= 15 is 0 Å². The summed E-state index contributed by atoms with van der Waals surface area (Å²) in [4.78, 5) is 12.4. The number of benzene rings is 1. The van der Waals surface area contributed by atoms with Crippen LogP contribution in [0, 0.1) is 0 Å². The van der Waals surface area contributed by atoms with Gasteiger partial charge in [-0.2, -0.15) is 5.10 Å². The molecule has 2 aromatic rings. The van der Waals surface area contributed by atoms with E-state index in [1.165, 1.54) is 10.2 Å². The molecule has 0 bridgehead atoms. The minimum absolute atomic E-state index is 0.0941. The summed E-state index contributed by atoms with van der Waals surface area (Å²) < 4.78 is 13.9. The van der Waals surface area contributed by atoms with Gasteiger partial charge in [0.25, 0.3) is 5.91 Å². The van der Waals surface area contributed by atoms with E-state index < -0.39 is 6.67 Å². The maximum Gasteiger partial charge on any atom is 0.271 e. The second-order valence-corrected chi connectivity index (χ2v) is 7.18. The highest BCUT2D eigenvalue weighted by molar-refractivity contribution is 6.34. The van der Waals surface area contributed by atoms with Gasteiger partial charge in [-0.1, -0.05) is 56.6 Å². The second-order valence-electron chi connectivity index (χ2n) is 6.80. The molecule has 1 aromatic carbocycles. The topological polar surface area (TPSA) is 46.9 Å². The van der Waals surface area contributed by atoms with E-state index in [2.05, 4.69) is 43.3 Å². The van der Waals surface area contributed by atoms with Gasteiger partial charge in [-0.25, -0.2) is 0 Å². The van der Waals surface area contributed by atoms with E-state index in [9.17, 15) is 9.18 Å². The minimum Gasteiger partial charge on any atom is -0.347 e. The molecule has 0 aliphatic heterocycles. The molecule has 24 heavy (non-hydrogen) atoms. The Kier molecular flexibility index (Phi) is 5.65. The summed E-state index contributed by atoms with van der Waals surface area (Å²) in [6.07, 6.45) is 0.105. The monoisotopic (exact) mass is 350 g/mol. The minimum atomic E-state index is -0.558. The van der Waals surface area contributed by atoms with Crippen molar-refractivity contribution in [2.45, 2.75) is 39.2 Å². The molecule has 1 N–H and O–H groups in total. The van der Waals surface area contributed by atoms with Gasteiger partial charge in [0.15, 0.2) is 0 Å². The molecule has 0 fully saturated rings. The normalized spacial score (nSPS) is 11.6. The molecular weight excluding hydrogens is 328 g/mol. The third-order valence-electron chi connectivity index (χ3n) is 3.87. The molecule has 0 spiro atoms. The number of rotatable bonds is 5. The Morgan fingerprint density at radius 2 is 1.92 bits per heavy atom. The summed E-state index contributed by atoms with van der Waals surface area (Å²) in [6, 6.07) is 8.14. The van der Waals surface area contributed by atoms with Crippen LogP contribution in [0.25, 0.3) is 0 Å². The van der Waals surface area contributed by atoms with Crippen molar-refractivity contribution in [3.8, 4) is 0 Å². The van der Waals surface area contributed by atoms with E-state index in [-0.39, 0.29) is 28.5 Å². The Balaban J connectivity index is 2.06. The maximum atomic E-state index is 12.5. The highest BCUT2D eigenvalue weighted by Crippen LogP contribution is 2.23.